The molecular formula is C21H24N6O3S. The standard InChI is InChI=1S/C21H24N6O3S/c1-4-26(5-2)21(30)15-12-22-27(14-9-7-6-8-10-14)19(15)25-20(29)16-11-18(28)24-17(23-16)13-31-3/h6-12H,4-5,13H2,1-3H3,(H,25,29)(H,23,24,28). The van der Waals surface area contributed by atoms with E-state index in [9.17, 15) is 14.4 Å². The number of para-hydroxylation sites is 1. The van der Waals surface area contributed by atoms with Crippen molar-refractivity contribution < 1.29 is 9.59 Å². The number of benzene rings is 1. The van der Waals surface area contributed by atoms with Crippen LogP contribution in [0.15, 0.2) is 47.4 Å². The molecule has 3 aromatic rings. The number of H-pyrrole nitrogens is 1. The van der Waals surface area contributed by atoms with Crippen LogP contribution in [0.4, 0.5) is 5.82 Å². The van der Waals surface area contributed by atoms with E-state index in [0.717, 1.165) is 6.07 Å². The van der Waals surface area contributed by atoms with Gasteiger partial charge in [-0.05, 0) is 32.2 Å². The second-order valence-electron chi connectivity index (χ2n) is 6.60. The molecule has 0 saturated carbocycles. The molecule has 0 unspecified atom stereocenters. The Labute approximate surface area is 183 Å². The molecule has 9 nitrogen and oxygen atoms in total. The van der Waals surface area contributed by atoms with Gasteiger partial charge in [0.1, 0.15) is 22.9 Å². The first kappa shape index (κ1) is 22.3. The van der Waals surface area contributed by atoms with Gasteiger partial charge in [0, 0.05) is 19.2 Å². The largest absolute Gasteiger partial charge is 0.339 e. The Hall–Kier alpha value is -3.40. The number of amides is 2. The summed E-state index contributed by atoms with van der Waals surface area (Å²) in [5, 5.41) is 7.08. The molecule has 0 atom stereocenters. The number of anilines is 1. The SMILES string of the molecule is CCN(CC)C(=O)c1cnn(-c2ccccc2)c1NC(=O)c1cc(=O)[nH]c(CSC)n1. The first-order valence-corrected chi connectivity index (χ1v) is 11.2. The lowest BCUT2D eigenvalue weighted by molar-refractivity contribution is 0.0774. The smallest absolute Gasteiger partial charge is 0.275 e. The van der Waals surface area contributed by atoms with Crippen LogP contribution in [-0.4, -0.2) is 55.8 Å². The van der Waals surface area contributed by atoms with Crippen LogP contribution < -0.4 is 10.9 Å². The van der Waals surface area contributed by atoms with Crippen LogP contribution in [0, 0.1) is 0 Å². The van der Waals surface area contributed by atoms with Gasteiger partial charge < -0.3 is 15.2 Å². The number of carbonyl (C=O) groups is 2. The molecule has 0 fully saturated rings. The van der Waals surface area contributed by atoms with Crippen molar-refractivity contribution in [3.8, 4) is 5.69 Å². The molecule has 0 saturated heterocycles. The van der Waals surface area contributed by atoms with Crippen LogP contribution >= 0.6 is 11.8 Å². The third-order valence-corrected chi connectivity index (χ3v) is 5.15. The van der Waals surface area contributed by atoms with Crippen LogP contribution in [0.2, 0.25) is 0 Å². The predicted octanol–water partition coefficient (Wildman–Crippen LogP) is 2.55. The van der Waals surface area contributed by atoms with Crippen molar-refractivity contribution in [3.05, 3.63) is 70.0 Å². The molecule has 2 N–H and O–H groups in total. The van der Waals surface area contributed by atoms with E-state index in [1.807, 2.05) is 50.4 Å². The lowest BCUT2D eigenvalue weighted by Crippen LogP contribution is -2.31. The molecule has 162 valence electrons. The summed E-state index contributed by atoms with van der Waals surface area (Å²) in [5.41, 5.74) is 0.489. The Bertz CT molecular complexity index is 1120. The van der Waals surface area contributed by atoms with Crippen LogP contribution in [0.5, 0.6) is 0 Å². The van der Waals surface area contributed by atoms with Gasteiger partial charge in [0.25, 0.3) is 17.4 Å². The highest BCUT2D eigenvalue weighted by molar-refractivity contribution is 7.97. The van der Waals surface area contributed by atoms with E-state index in [2.05, 4.69) is 20.4 Å². The van der Waals surface area contributed by atoms with Gasteiger partial charge in [-0.25, -0.2) is 9.67 Å². The van der Waals surface area contributed by atoms with Gasteiger partial charge in [0.15, 0.2) is 0 Å². The van der Waals surface area contributed by atoms with Crippen molar-refractivity contribution in [1.29, 1.82) is 0 Å². The number of aromatic amines is 1. The summed E-state index contributed by atoms with van der Waals surface area (Å²) in [4.78, 5) is 46.5. The van der Waals surface area contributed by atoms with Crippen LogP contribution in [0.1, 0.15) is 40.5 Å². The van der Waals surface area contributed by atoms with Gasteiger partial charge in [-0.15, -0.1) is 0 Å². The van der Waals surface area contributed by atoms with E-state index in [-0.39, 0.29) is 23.0 Å². The number of nitrogens with one attached hydrogen (secondary N) is 2. The Morgan fingerprint density at radius 2 is 1.90 bits per heavy atom. The first-order valence-electron chi connectivity index (χ1n) is 9.81. The summed E-state index contributed by atoms with van der Waals surface area (Å²) in [5.74, 6) is 0.246. The van der Waals surface area contributed by atoms with Crippen LogP contribution in [-0.2, 0) is 5.75 Å². The average molecular weight is 441 g/mol. The zero-order valence-electron chi connectivity index (χ0n) is 17.6. The molecule has 3 rings (SSSR count). The minimum Gasteiger partial charge on any atom is -0.339 e. The van der Waals surface area contributed by atoms with Gasteiger partial charge in [0.2, 0.25) is 0 Å². The van der Waals surface area contributed by atoms with Gasteiger partial charge in [-0.3, -0.25) is 14.4 Å². The fraction of sp³-hybridized carbons (Fsp3) is 0.286. The highest BCUT2D eigenvalue weighted by Crippen LogP contribution is 2.22. The molecule has 0 aliphatic rings. The molecule has 10 heteroatoms. The van der Waals surface area contributed by atoms with Crippen molar-refractivity contribution >= 4 is 29.4 Å². The van der Waals surface area contributed by atoms with Crippen molar-refractivity contribution in [3.63, 3.8) is 0 Å². The summed E-state index contributed by atoms with van der Waals surface area (Å²) in [7, 11) is 0. The maximum absolute atomic E-state index is 13.0. The molecule has 31 heavy (non-hydrogen) atoms. The normalized spacial score (nSPS) is 10.7. The van der Waals surface area contributed by atoms with E-state index >= 15 is 0 Å². The van der Waals surface area contributed by atoms with E-state index in [1.54, 1.807) is 4.90 Å². The van der Waals surface area contributed by atoms with E-state index in [1.165, 1.54) is 22.6 Å². The van der Waals surface area contributed by atoms with Gasteiger partial charge >= 0.3 is 0 Å². The lowest BCUT2D eigenvalue weighted by atomic mass is 10.2. The Balaban J connectivity index is 2.04. The Morgan fingerprint density at radius 1 is 1.19 bits per heavy atom. The second-order valence-corrected chi connectivity index (χ2v) is 7.46. The number of thioether (sulfide) groups is 1. The number of nitrogens with zero attached hydrogens (tertiary/aromatic N) is 4. The van der Waals surface area contributed by atoms with Crippen LogP contribution in [0.3, 0.4) is 0 Å². The van der Waals surface area contributed by atoms with Crippen molar-refractivity contribution in [2.45, 2.75) is 19.6 Å². The summed E-state index contributed by atoms with van der Waals surface area (Å²) in [6, 6.07) is 10.3. The molecule has 0 aliphatic heterocycles. The molecule has 0 radical (unpaired) electrons. The molecule has 0 aliphatic carbocycles. The van der Waals surface area contributed by atoms with Gasteiger partial charge in [-0.1, -0.05) is 18.2 Å². The highest BCUT2D eigenvalue weighted by atomic mass is 32.2. The molecule has 1 aromatic carbocycles. The third kappa shape index (κ3) is 5.02. The molecule has 0 spiro atoms. The quantitative estimate of drug-likeness (QED) is 0.557. The van der Waals surface area contributed by atoms with Gasteiger partial charge in [-0.2, -0.15) is 16.9 Å². The minimum absolute atomic E-state index is 0.0325. The zero-order chi connectivity index (χ0) is 22.4. The summed E-state index contributed by atoms with van der Waals surface area (Å²) >= 11 is 1.47. The Morgan fingerprint density at radius 3 is 2.55 bits per heavy atom. The molecule has 2 heterocycles. The molecule has 2 amide bonds. The summed E-state index contributed by atoms with van der Waals surface area (Å²) in [6.07, 6.45) is 3.31. The molecule has 2 aromatic heterocycles. The van der Waals surface area contributed by atoms with Crippen molar-refractivity contribution in [2.24, 2.45) is 0 Å². The van der Waals surface area contributed by atoms with Crippen molar-refractivity contribution in [2.75, 3.05) is 24.7 Å². The number of carbonyl (C=O) groups excluding carboxylic acids is 2. The molecular weight excluding hydrogens is 416 g/mol. The van der Waals surface area contributed by atoms with E-state index in [4.69, 9.17) is 0 Å². The maximum Gasteiger partial charge on any atom is 0.275 e. The van der Waals surface area contributed by atoms with Crippen molar-refractivity contribution in [1.82, 2.24) is 24.6 Å². The third-order valence-electron chi connectivity index (χ3n) is 4.59. The predicted molar refractivity (Wildman–Crippen MR) is 121 cm³/mol. The monoisotopic (exact) mass is 440 g/mol. The van der Waals surface area contributed by atoms with E-state index < -0.39 is 11.5 Å². The van der Waals surface area contributed by atoms with E-state index in [0.29, 0.717) is 30.4 Å². The number of aromatic nitrogens is 4. The first-order chi connectivity index (χ1) is 15.0. The lowest BCUT2D eigenvalue weighted by Gasteiger charge is -2.19. The fourth-order valence-electron chi connectivity index (χ4n) is 3.07. The summed E-state index contributed by atoms with van der Waals surface area (Å²) < 4.78 is 1.49. The van der Waals surface area contributed by atoms with Crippen LogP contribution in [0.25, 0.3) is 5.69 Å². The summed E-state index contributed by atoms with van der Waals surface area (Å²) in [6.45, 7) is 4.81. The second kappa shape index (κ2) is 10.1. The average Bonchev–Trinajstić information content (AvgIpc) is 3.18. The Kier molecular flexibility index (Phi) is 7.24. The fourth-order valence-corrected chi connectivity index (χ4v) is 3.48. The maximum atomic E-state index is 13.0. The minimum atomic E-state index is -0.597. The zero-order valence-corrected chi connectivity index (χ0v) is 18.4. The van der Waals surface area contributed by atoms with Gasteiger partial charge in [0.05, 0.1) is 17.6 Å². The highest BCUT2D eigenvalue weighted by Gasteiger charge is 2.24. The topological polar surface area (TPSA) is 113 Å². The number of hydrogen-bond acceptors (Lipinski definition) is 6. The number of rotatable bonds is 8. The number of hydrogen-bond donors (Lipinski definition) is 2. The molecule has 0 bridgehead atoms.